The Hall–Kier alpha value is -4.33. The number of hydrogen-bond donors (Lipinski definition) is 1. The molecule has 0 aliphatic heterocycles. The Morgan fingerprint density at radius 3 is 2.42 bits per heavy atom. The molecule has 1 fully saturated rings. The molecule has 194 valence electrons. The summed E-state index contributed by atoms with van der Waals surface area (Å²) in [7, 11) is 0. The third kappa shape index (κ3) is 5.07. The summed E-state index contributed by atoms with van der Waals surface area (Å²) >= 11 is 0. The summed E-state index contributed by atoms with van der Waals surface area (Å²) in [5, 5.41) is 11.6. The van der Waals surface area contributed by atoms with Gasteiger partial charge in [0.05, 0.1) is 11.2 Å². The number of Topliss-reactive ketones (excluding diaryl/α,β-unsaturated/α-hetero) is 1. The van der Waals surface area contributed by atoms with Crippen molar-refractivity contribution < 1.29 is 14.4 Å². The highest BCUT2D eigenvalue weighted by Crippen LogP contribution is 2.33. The molecule has 0 saturated heterocycles. The first-order valence-corrected chi connectivity index (χ1v) is 13.0. The topological polar surface area (TPSA) is 97.2 Å². The SMILES string of the molecule is CC(=O)c1ccccc1N(C(=O)Cn1nnc2ccccc21)[C@@H](C(=O)NC1CCCC1)c1ccccc1C. The van der Waals surface area contributed by atoms with Gasteiger partial charge in [0.1, 0.15) is 18.1 Å². The summed E-state index contributed by atoms with van der Waals surface area (Å²) in [5.74, 6) is -0.824. The molecule has 1 aliphatic carbocycles. The molecule has 38 heavy (non-hydrogen) atoms. The minimum atomic E-state index is -0.973. The molecule has 0 radical (unpaired) electrons. The predicted octanol–water partition coefficient (Wildman–Crippen LogP) is 4.78. The van der Waals surface area contributed by atoms with Gasteiger partial charge >= 0.3 is 0 Å². The second-order valence-electron chi connectivity index (χ2n) is 9.82. The molecule has 8 heteroatoms. The predicted molar refractivity (Wildman–Crippen MR) is 146 cm³/mol. The summed E-state index contributed by atoms with van der Waals surface area (Å²) in [6, 6.07) is 21.0. The molecule has 0 unspecified atom stereocenters. The summed E-state index contributed by atoms with van der Waals surface area (Å²) in [4.78, 5) is 42.5. The number of aryl methyl sites for hydroxylation is 1. The number of aromatic nitrogens is 3. The fraction of sp³-hybridized carbons (Fsp3) is 0.300. The number of benzene rings is 3. The van der Waals surface area contributed by atoms with Crippen LogP contribution in [0.5, 0.6) is 0 Å². The number of amides is 2. The van der Waals surface area contributed by atoms with Gasteiger partial charge in [-0.3, -0.25) is 19.3 Å². The number of para-hydroxylation sites is 2. The number of fused-ring (bicyclic) bond motifs is 1. The maximum absolute atomic E-state index is 14.2. The number of nitrogens with zero attached hydrogens (tertiary/aromatic N) is 4. The number of ketones is 1. The first kappa shape index (κ1) is 25.3. The highest BCUT2D eigenvalue weighted by molar-refractivity contribution is 6.08. The van der Waals surface area contributed by atoms with Crippen molar-refractivity contribution in [1.29, 1.82) is 0 Å². The maximum atomic E-state index is 14.2. The fourth-order valence-electron chi connectivity index (χ4n) is 5.28. The van der Waals surface area contributed by atoms with Crippen LogP contribution in [0.3, 0.4) is 0 Å². The summed E-state index contributed by atoms with van der Waals surface area (Å²) < 4.78 is 1.53. The average Bonchev–Trinajstić information content (AvgIpc) is 3.58. The second-order valence-corrected chi connectivity index (χ2v) is 9.82. The minimum absolute atomic E-state index is 0.0632. The first-order chi connectivity index (χ1) is 18.4. The third-order valence-corrected chi connectivity index (χ3v) is 7.21. The molecule has 0 bridgehead atoms. The van der Waals surface area contributed by atoms with Crippen LogP contribution in [0.2, 0.25) is 0 Å². The molecule has 4 aromatic rings. The Balaban J connectivity index is 1.64. The van der Waals surface area contributed by atoms with Gasteiger partial charge in [0.15, 0.2) is 5.78 Å². The molecule has 1 atom stereocenters. The molecule has 5 rings (SSSR count). The molecule has 1 aromatic heterocycles. The fourth-order valence-corrected chi connectivity index (χ4v) is 5.28. The molecule has 1 heterocycles. The van der Waals surface area contributed by atoms with Gasteiger partial charge in [-0.25, -0.2) is 4.68 Å². The van der Waals surface area contributed by atoms with E-state index in [1.54, 1.807) is 24.3 Å². The molecule has 1 N–H and O–H groups in total. The molecule has 2 amide bonds. The van der Waals surface area contributed by atoms with E-state index in [-0.39, 0.29) is 30.2 Å². The monoisotopic (exact) mass is 509 g/mol. The van der Waals surface area contributed by atoms with Crippen molar-refractivity contribution in [2.24, 2.45) is 0 Å². The largest absolute Gasteiger partial charge is 0.351 e. The highest BCUT2D eigenvalue weighted by atomic mass is 16.2. The van der Waals surface area contributed by atoms with Gasteiger partial charge in [0, 0.05) is 11.6 Å². The lowest BCUT2D eigenvalue weighted by Crippen LogP contribution is -2.48. The van der Waals surface area contributed by atoms with Crippen LogP contribution in [-0.4, -0.2) is 38.6 Å². The lowest BCUT2D eigenvalue weighted by molar-refractivity contribution is -0.127. The van der Waals surface area contributed by atoms with Crippen molar-refractivity contribution in [2.45, 2.75) is 58.2 Å². The van der Waals surface area contributed by atoms with Gasteiger partial charge in [-0.05, 0) is 62.1 Å². The number of rotatable bonds is 8. The average molecular weight is 510 g/mol. The summed E-state index contributed by atoms with van der Waals surface area (Å²) in [6.45, 7) is 3.25. The Kier molecular flexibility index (Phi) is 7.31. The lowest BCUT2D eigenvalue weighted by Gasteiger charge is -2.34. The number of carbonyl (C=O) groups is 3. The zero-order chi connectivity index (χ0) is 26.6. The zero-order valence-electron chi connectivity index (χ0n) is 21.6. The number of nitrogens with one attached hydrogen (secondary N) is 1. The van der Waals surface area contributed by atoms with Crippen LogP contribution in [0.25, 0.3) is 11.0 Å². The van der Waals surface area contributed by atoms with Gasteiger partial charge in [-0.1, -0.05) is 66.6 Å². The molecular formula is C30H31N5O3. The summed E-state index contributed by atoms with van der Waals surface area (Å²) in [5.41, 5.74) is 3.73. The molecule has 1 aliphatic rings. The van der Waals surface area contributed by atoms with E-state index in [4.69, 9.17) is 0 Å². The van der Waals surface area contributed by atoms with Crippen LogP contribution in [0.1, 0.15) is 60.1 Å². The minimum Gasteiger partial charge on any atom is -0.351 e. The zero-order valence-corrected chi connectivity index (χ0v) is 21.6. The normalized spacial score (nSPS) is 14.4. The van der Waals surface area contributed by atoms with Crippen LogP contribution < -0.4 is 10.2 Å². The molecule has 0 spiro atoms. The standard InChI is InChI=1S/C30H31N5O3/c1-20-11-3-6-14-23(20)29(30(38)31-22-12-4-5-13-22)35(26-17-9-7-15-24(26)21(2)36)28(37)19-34-27-18-10-8-16-25(27)32-33-34/h3,6-11,14-18,22,29H,4-5,12-13,19H2,1-2H3,(H,31,38)/t29-/m1/s1. The van der Waals surface area contributed by atoms with Crippen molar-refractivity contribution in [1.82, 2.24) is 20.3 Å². The van der Waals surface area contributed by atoms with Gasteiger partial charge in [-0.2, -0.15) is 0 Å². The second kappa shape index (κ2) is 11.0. The van der Waals surface area contributed by atoms with Crippen molar-refractivity contribution >= 4 is 34.3 Å². The van der Waals surface area contributed by atoms with E-state index in [0.717, 1.165) is 31.2 Å². The quantitative estimate of drug-likeness (QED) is 0.345. The van der Waals surface area contributed by atoms with E-state index < -0.39 is 6.04 Å². The smallest absolute Gasteiger partial charge is 0.249 e. The maximum Gasteiger partial charge on any atom is 0.249 e. The van der Waals surface area contributed by atoms with Crippen LogP contribution in [-0.2, 0) is 16.1 Å². The molecule has 1 saturated carbocycles. The van der Waals surface area contributed by atoms with Crippen LogP contribution >= 0.6 is 0 Å². The van der Waals surface area contributed by atoms with E-state index in [9.17, 15) is 14.4 Å². The van der Waals surface area contributed by atoms with Crippen molar-refractivity contribution in [3.8, 4) is 0 Å². The van der Waals surface area contributed by atoms with Crippen LogP contribution in [0.4, 0.5) is 5.69 Å². The molecule has 3 aromatic carbocycles. The summed E-state index contributed by atoms with van der Waals surface area (Å²) in [6.07, 6.45) is 3.95. The lowest BCUT2D eigenvalue weighted by atomic mass is 9.96. The van der Waals surface area contributed by atoms with E-state index in [0.29, 0.717) is 27.8 Å². The van der Waals surface area contributed by atoms with Crippen LogP contribution in [0.15, 0.2) is 72.8 Å². The van der Waals surface area contributed by atoms with Crippen LogP contribution in [0, 0.1) is 6.92 Å². The number of anilines is 1. The van der Waals surface area contributed by atoms with Crippen molar-refractivity contribution in [3.63, 3.8) is 0 Å². The highest BCUT2D eigenvalue weighted by Gasteiger charge is 2.36. The van der Waals surface area contributed by atoms with E-state index in [1.807, 2.05) is 55.5 Å². The molecule has 8 nitrogen and oxygen atoms in total. The Bertz CT molecular complexity index is 1490. The Morgan fingerprint density at radius 1 is 0.974 bits per heavy atom. The first-order valence-electron chi connectivity index (χ1n) is 13.0. The van der Waals surface area contributed by atoms with Gasteiger partial charge in [-0.15, -0.1) is 5.10 Å². The van der Waals surface area contributed by atoms with E-state index >= 15 is 0 Å². The van der Waals surface area contributed by atoms with E-state index in [1.165, 1.54) is 16.5 Å². The van der Waals surface area contributed by atoms with Gasteiger partial charge in [0.25, 0.3) is 0 Å². The van der Waals surface area contributed by atoms with Crippen molar-refractivity contribution in [2.75, 3.05) is 4.90 Å². The molecular weight excluding hydrogens is 478 g/mol. The van der Waals surface area contributed by atoms with Gasteiger partial charge < -0.3 is 5.32 Å². The van der Waals surface area contributed by atoms with Gasteiger partial charge in [0.2, 0.25) is 11.8 Å². The third-order valence-electron chi connectivity index (χ3n) is 7.21. The number of carbonyl (C=O) groups excluding carboxylic acids is 3. The Labute approximate surface area is 221 Å². The van der Waals surface area contributed by atoms with Crippen molar-refractivity contribution in [3.05, 3.63) is 89.5 Å². The number of hydrogen-bond acceptors (Lipinski definition) is 5. The Morgan fingerprint density at radius 2 is 1.66 bits per heavy atom. The van der Waals surface area contributed by atoms with E-state index in [2.05, 4.69) is 15.6 Å².